The van der Waals surface area contributed by atoms with E-state index >= 15 is 0 Å². The number of aromatic hydroxyl groups is 3. The Hall–Kier alpha value is -2.16. The summed E-state index contributed by atoms with van der Waals surface area (Å²) in [6, 6.07) is 7.93. The molecule has 3 heteroatoms. The highest BCUT2D eigenvalue weighted by Crippen LogP contribution is 2.37. The molecule has 3 N–H and O–H groups in total. The van der Waals surface area contributed by atoms with Gasteiger partial charge in [-0.3, -0.25) is 0 Å². The van der Waals surface area contributed by atoms with Gasteiger partial charge >= 0.3 is 0 Å². The number of phenolic OH excluding ortho intramolecular Hbond substituents is 3. The molecule has 0 aliphatic rings. The van der Waals surface area contributed by atoms with Crippen molar-refractivity contribution in [2.75, 3.05) is 0 Å². The van der Waals surface area contributed by atoms with Crippen LogP contribution in [0.4, 0.5) is 0 Å². The van der Waals surface area contributed by atoms with Crippen LogP contribution >= 0.6 is 0 Å². The van der Waals surface area contributed by atoms with Crippen molar-refractivity contribution in [1.82, 2.24) is 0 Å². The third-order valence-electron chi connectivity index (χ3n) is 2.90. The molecule has 0 fully saturated rings. The molecule has 0 spiro atoms. The van der Waals surface area contributed by atoms with Gasteiger partial charge in [-0.2, -0.15) is 0 Å². The molecule has 0 aliphatic carbocycles. The van der Waals surface area contributed by atoms with Crippen LogP contribution in [-0.2, 0) is 0 Å². The topological polar surface area (TPSA) is 60.7 Å². The van der Waals surface area contributed by atoms with Crippen molar-refractivity contribution < 1.29 is 15.3 Å². The second-order valence-corrected chi connectivity index (χ2v) is 4.11. The minimum Gasteiger partial charge on any atom is -0.508 e. The zero-order valence-corrected chi connectivity index (χ0v) is 9.73. The lowest BCUT2D eigenvalue weighted by Gasteiger charge is -2.11. The molecule has 0 aliphatic heterocycles. The second-order valence-electron chi connectivity index (χ2n) is 4.11. The highest BCUT2D eigenvalue weighted by atomic mass is 16.3. The van der Waals surface area contributed by atoms with Gasteiger partial charge in [-0.25, -0.2) is 0 Å². The van der Waals surface area contributed by atoms with E-state index in [4.69, 9.17) is 0 Å². The summed E-state index contributed by atoms with van der Waals surface area (Å²) >= 11 is 0. The van der Waals surface area contributed by atoms with Crippen molar-refractivity contribution in [2.24, 2.45) is 0 Å². The lowest BCUT2D eigenvalue weighted by molar-refractivity contribution is 0.460. The summed E-state index contributed by atoms with van der Waals surface area (Å²) in [4.78, 5) is 0. The Balaban J connectivity index is 2.69. The molecule has 0 unspecified atom stereocenters. The number of rotatable bonds is 1. The summed E-state index contributed by atoms with van der Waals surface area (Å²) in [7, 11) is 0. The van der Waals surface area contributed by atoms with Crippen molar-refractivity contribution in [2.45, 2.75) is 13.8 Å². The first-order chi connectivity index (χ1) is 8.00. The summed E-state index contributed by atoms with van der Waals surface area (Å²) in [5.41, 5.74) is 2.69. The Labute approximate surface area is 99.6 Å². The molecular formula is C14H14O3. The molecule has 2 aromatic carbocycles. The summed E-state index contributed by atoms with van der Waals surface area (Å²) in [6.07, 6.45) is 0. The van der Waals surface area contributed by atoms with E-state index in [1.54, 1.807) is 13.0 Å². The van der Waals surface area contributed by atoms with Crippen LogP contribution in [0.3, 0.4) is 0 Å². The molecule has 0 bridgehead atoms. The molecule has 0 saturated heterocycles. The third kappa shape index (κ3) is 1.91. The zero-order valence-electron chi connectivity index (χ0n) is 9.73. The van der Waals surface area contributed by atoms with Crippen LogP contribution in [0.2, 0.25) is 0 Å². The van der Waals surface area contributed by atoms with Crippen LogP contribution in [0.15, 0.2) is 30.3 Å². The summed E-state index contributed by atoms with van der Waals surface area (Å²) < 4.78 is 0. The van der Waals surface area contributed by atoms with Crippen molar-refractivity contribution in [3.63, 3.8) is 0 Å². The smallest absolute Gasteiger partial charge is 0.123 e. The molecule has 2 aromatic rings. The first-order valence-corrected chi connectivity index (χ1v) is 5.32. The molecule has 2 rings (SSSR count). The van der Waals surface area contributed by atoms with Crippen LogP contribution in [0.25, 0.3) is 11.1 Å². The van der Waals surface area contributed by atoms with Gasteiger partial charge < -0.3 is 15.3 Å². The van der Waals surface area contributed by atoms with E-state index in [0.29, 0.717) is 16.7 Å². The van der Waals surface area contributed by atoms with E-state index in [1.807, 2.05) is 13.0 Å². The number of phenols is 3. The molecule has 0 saturated carbocycles. The molecule has 0 atom stereocenters. The van der Waals surface area contributed by atoms with Crippen molar-refractivity contribution in [1.29, 1.82) is 0 Å². The Bertz CT molecular complexity index is 574. The molecule has 0 amide bonds. The van der Waals surface area contributed by atoms with Crippen LogP contribution in [0.1, 0.15) is 11.1 Å². The Morgan fingerprint density at radius 1 is 0.824 bits per heavy atom. The van der Waals surface area contributed by atoms with Gasteiger partial charge in [0.05, 0.1) is 0 Å². The van der Waals surface area contributed by atoms with Crippen molar-refractivity contribution in [3.8, 4) is 28.4 Å². The second kappa shape index (κ2) is 4.01. The van der Waals surface area contributed by atoms with E-state index in [1.165, 1.54) is 18.2 Å². The molecule has 17 heavy (non-hydrogen) atoms. The summed E-state index contributed by atoms with van der Waals surface area (Å²) in [5.74, 6) is 0.372. The van der Waals surface area contributed by atoms with Gasteiger partial charge in [0.1, 0.15) is 17.2 Å². The Morgan fingerprint density at radius 2 is 1.53 bits per heavy atom. The number of hydrogen-bond donors (Lipinski definition) is 3. The zero-order chi connectivity index (χ0) is 12.6. The lowest BCUT2D eigenvalue weighted by atomic mass is 9.97. The van der Waals surface area contributed by atoms with E-state index in [-0.39, 0.29) is 17.2 Å². The quantitative estimate of drug-likeness (QED) is 0.660. The monoisotopic (exact) mass is 230 g/mol. The number of aryl methyl sites for hydroxylation is 1. The van der Waals surface area contributed by atoms with Gasteiger partial charge in [-0.1, -0.05) is 12.1 Å². The summed E-state index contributed by atoms with van der Waals surface area (Å²) in [5, 5.41) is 29.1. The third-order valence-corrected chi connectivity index (χ3v) is 2.90. The van der Waals surface area contributed by atoms with Gasteiger partial charge in [0.2, 0.25) is 0 Å². The van der Waals surface area contributed by atoms with E-state index in [2.05, 4.69) is 0 Å². The van der Waals surface area contributed by atoms with Gasteiger partial charge in [0.25, 0.3) is 0 Å². The normalized spacial score (nSPS) is 10.5. The minimum atomic E-state index is 0.0779. The van der Waals surface area contributed by atoms with E-state index < -0.39 is 0 Å². The van der Waals surface area contributed by atoms with Gasteiger partial charge in [0.15, 0.2) is 0 Å². The van der Waals surface area contributed by atoms with E-state index in [9.17, 15) is 15.3 Å². The number of hydrogen-bond acceptors (Lipinski definition) is 3. The molecule has 3 nitrogen and oxygen atoms in total. The molecule has 88 valence electrons. The average Bonchev–Trinajstić information content (AvgIpc) is 2.30. The maximum absolute atomic E-state index is 9.86. The Kier molecular flexibility index (Phi) is 2.68. The summed E-state index contributed by atoms with van der Waals surface area (Å²) in [6.45, 7) is 3.59. The first kappa shape index (κ1) is 11.3. The van der Waals surface area contributed by atoms with Crippen LogP contribution < -0.4 is 0 Å². The largest absolute Gasteiger partial charge is 0.508 e. The first-order valence-electron chi connectivity index (χ1n) is 5.32. The van der Waals surface area contributed by atoms with Crippen molar-refractivity contribution >= 4 is 0 Å². The average molecular weight is 230 g/mol. The lowest BCUT2D eigenvalue weighted by Crippen LogP contribution is -1.87. The molecule has 0 aromatic heterocycles. The molecular weight excluding hydrogens is 216 g/mol. The van der Waals surface area contributed by atoms with Gasteiger partial charge in [-0.05, 0) is 48.7 Å². The Morgan fingerprint density at radius 3 is 2.24 bits per heavy atom. The fourth-order valence-corrected chi connectivity index (χ4v) is 1.87. The van der Waals surface area contributed by atoms with Gasteiger partial charge in [-0.15, -0.1) is 0 Å². The predicted molar refractivity (Wildman–Crippen MR) is 66.3 cm³/mol. The molecule has 0 radical (unpaired) electrons. The standard InChI is InChI=1S/C14H14O3/c1-8-3-5-11(9(2)14(8)17)12-7-10(15)4-6-13(12)16/h3-7,15-17H,1-2H3. The minimum absolute atomic E-state index is 0.0779. The fraction of sp³-hybridized carbons (Fsp3) is 0.143. The SMILES string of the molecule is Cc1ccc(-c2cc(O)ccc2O)c(C)c1O. The van der Waals surface area contributed by atoms with Gasteiger partial charge in [0, 0.05) is 5.56 Å². The maximum Gasteiger partial charge on any atom is 0.123 e. The fourth-order valence-electron chi connectivity index (χ4n) is 1.87. The van der Waals surface area contributed by atoms with Crippen molar-refractivity contribution in [3.05, 3.63) is 41.5 Å². The van der Waals surface area contributed by atoms with E-state index in [0.717, 1.165) is 5.56 Å². The molecule has 0 heterocycles. The number of benzene rings is 2. The van der Waals surface area contributed by atoms with Crippen LogP contribution in [0.5, 0.6) is 17.2 Å². The maximum atomic E-state index is 9.86. The predicted octanol–water partition coefficient (Wildman–Crippen LogP) is 3.09. The highest BCUT2D eigenvalue weighted by molar-refractivity contribution is 5.76. The van der Waals surface area contributed by atoms with Crippen LogP contribution in [0, 0.1) is 13.8 Å². The van der Waals surface area contributed by atoms with Crippen LogP contribution in [-0.4, -0.2) is 15.3 Å². The highest BCUT2D eigenvalue weighted by Gasteiger charge is 2.11.